The van der Waals surface area contributed by atoms with Crippen molar-refractivity contribution in [3.8, 4) is 0 Å². The molecule has 2 heterocycles. The topological polar surface area (TPSA) is 75.9 Å². The third-order valence-corrected chi connectivity index (χ3v) is 4.67. The first-order valence-electron chi connectivity index (χ1n) is 8.18. The highest BCUT2D eigenvalue weighted by atomic mass is 127. The molecular weight excluding hydrogens is 465 g/mol. The summed E-state index contributed by atoms with van der Waals surface area (Å²) in [7, 11) is 3.09. The minimum atomic E-state index is -0.391. The average Bonchev–Trinajstić information content (AvgIpc) is 3.23. The van der Waals surface area contributed by atoms with E-state index in [1.54, 1.807) is 31.4 Å². The second-order valence-corrected chi connectivity index (χ2v) is 6.90. The zero-order valence-corrected chi connectivity index (χ0v) is 18.6. The van der Waals surface area contributed by atoms with Crippen molar-refractivity contribution < 1.29 is 13.9 Å². The molecule has 1 atom stereocenters. The molecule has 0 amide bonds. The van der Waals surface area contributed by atoms with Crippen molar-refractivity contribution in [2.75, 3.05) is 20.7 Å². The highest BCUT2D eigenvalue weighted by Crippen LogP contribution is 2.16. The van der Waals surface area contributed by atoms with Gasteiger partial charge in [0.05, 0.1) is 13.7 Å². The molecule has 0 aliphatic carbocycles. The van der Waals surface area contributed by atoms with Crippen molar-refractivity contribution in [1.82, 2.24) is 10.6 Å². The number of esters is 1. The number of aliphatic imine (C=N–C) groups is 1. The van der Waals surface area contributed by atoms with E-state index in [0.717, 1.165) is 13.0 Å². The van der Waals surface area contributed by atoms with Crippen LogP contribution in [0.15, 0.2) is 33.0 Å². The van der Waals surface area contributed by atoms with Gasteiger partial charge in [-0.1, -0.05) is 13.0 Å². The Bertz CT molecular complexity index is 713. The minimum absolute atomic E-state index is 0. The van der Waals surface area contributed by atoms with E-state index in [4.69, 9.17) is 9.15 Å². The van der Waals surface area contributed by atoms with Crippen molar-refractivity contribution in [1.29, 1.82) is 0 Å². The van der Waals surface area contributed by atoms with Gasteiger partial charge in [-0.3, -0.25) is 4.99 Å². The molecule has 0 saturated heterocycles. The Morgan fingerprint density at radius 3 is 2.81 bits per heavy atom. The molecule has 144 valence electrons. The molecule has 0 bridgehead atoms. The van der Waals surface area contributed by atoms with E-state index < -0.39 is 5.97 Å². The third-order valence-electron chi connectivity index (χ3n) is 3.78. The second kappa shape index (κ2) is 11.2. The van der Waals surface area contributed by atoms with E-state index in [-0.39, 0.29) is 24.0 Å². The lowest BCUT2D eigenvalue weighted by molar-refractivity contribution is 0.0599. The first-order chi connectivity index (χ1) is 12.0. The van der Waals surface area contributed by atoms with Gasteiger partial charge < -0.3 is 19.8 Å². The third kappa shape index (κ3) is 6.64. The summed E-state index contributed by atoms with van der Waals surface area (Å²) < 4.78 is 10.3. The van der Waals surface area contributed by atoms with Crippen LogP contribution in [-0.4, -0.2) is 32.6 Å². The predicted molar refractivity (Wildman–Crippen MR) is 116 cm³/mol. The number of guanidine groups is 1. The van der Waals surface area contributed by atoms with Crippen LogP contribution in [0, 0.1) is 12.8 Å². The van der Waals surface area contributed by atoms with Gasteiger partial charge in [0, 0.05) is 18.5 Å². The largest absolute Gasteiger partial charge is 0.465 e. The van der Waals surface area contributed by atoms with Gasteiger partial charge in [0.2, 0.25) is 0 Å². The fourth-order valence-electron chi connectivity index (χ4n) is 2.45. The van der Waals surface area contributed by atoms with E-state index in [1.807, 2.05) is 0 Å². The molecule has 2 aromatic rings. The number of methoxy groups -OCH3 is 1. The Morgan fingerprint density at radius 2 is 2.19 bits per heavy atom. The van der Waals surface area contributed by atoms with Crippen LogP contribution in [0.1, 0.15) is 33.7 Å². The van der Waals surface area contributed by atoms with E-state index in [0.29, 0.717) is 35.5 Å². The van der Waals surface area contributed by atoms with Crippen molar-refractivity contribution in [3.63, 3.8) is 0 Å². The number of ether oxygens (including phenoxy) is 1. The number of hydrogen-bond acceptors (Lipinski definition) is 5. The molecule has 26 heavy (non-hydrogen) atoms. The van der Waals surface area contributed by atoms with Crippen molar-refractivity contribution in [2.45, 2.75) is 26.8 Å². The van der Waals surface area contributed by atoms with E-state index in [2.05, 4.69) is 40.1 Å². The molecule has 8 heteroatoms. The summed E-state index contributed by atoms with van der Waals surface area (Å²) in [6, 6.07) is 5.93. The number of carbonyl (C=O) groups excluding carboxylic acids is 1. The zero-order valence-electron chi connectivity index (χ0n) is 15.5. The maximum absolute atomic E-state index is 11.6. The van der Waals surface area contributed by atoms with Crippen molar-refractivity contribution in [2.24, 2.45) is 10.9 Å². The van der Waals surface area contributed by atoms with Gasteiger partial charge in [0.15, 0.2) is 5.96 Å². The maximum atomic E-state index is 11.6. The van der Waals surface area contributed by atoms with Gasteiger partial charge >= 0.3 is 5.97 Å². The normalized spacial score (nSPS) is 12.2. The number of aryl methyl sites for hydroxylation is 1. The molecule has 0 aliphatic rings. The van der Waals surface area contributed by atoms with Gasteiger partial charge in [0.1, 0.15) is 17.1 Å². The fraction of sp³-hybridized carbons (Fsp3) is 0.444. The second-order valence-electron chi connectivity index (χ2n) is 5.87. The molecule has 0 spiro atoms. The monoisotopic (exact) mass is 491 g/mol. The molecular formula is C18H26IN3O3S. The van der Waals surface area contributed by atoms with Crippen molar-refractivity contribution in [3.05, 3.63) is 45.5 Å². The molecule has 0 aliphatic heterocycles. The number of nitrogens with one attached hydrogen (secondary N) is 2. The predicted octanol–water partition coefficient (Wildman–Crippen LogP) is 3.60. The molecule has 6 nitrogen and oxygen atoms in total. The maximum Gasteiger partial charge on any atom is 0.341 e. The number of nitrogens with zero attached hydrogens (tertiary/aromatic N) is 1. The number of rotatable bonds is 7. The smallest absolute Gasteiger partial charge is 0.341 e. The van der Waals surface area contributed by atoms with Crippen LogP contribution in [0.3, 0.4) is 0 Å². The Balaban J connectivity index is 0.00000338. The first kappa shape index (κ1) is 22.5. The molecule has 0 aromatic carbocycles. The van der Waals surface area contributed by atoms with Gasteiger partial charge in [0.25, 0.3) is 0 Å². The number of thiophene rings is 1. The van der Waals surface area contributed by atoms with Gasteiger partial charge in [-0.25, -0.2) is 4.79 Å². The van der Waals surface area contributed by atoms with Gasteiger partial charge in [-0.05, 0) is 36.8 Å². The number of halogens is 1. The summed E-state index contributed by atoms with van der Waals surface area (Å²) in [4.78, 5) is 17.2. The Labute approximate surface area is 175 Å². The van der Waals surface area contributed by atoms with E-state index in [9.17, 15) is 4.79 Å². The van der Waals surface area contributed by atoms with Crippen LogP contribution in [0.5, 0.6) is 0 Å². The molecule has 0 saturated carbocycles. The lowest BCUT2D eigenvalue weighted by atomic mass is 10.1. The average molecular weight is 491 g/mol. The quantitative estimate of drug-likeness (QED) is 0.268. The minimum Gasteiger partial charge on any atom is -0.465 e. The van der Waals surface area contributed by atoms with E-state index >= 15 is 0 Å². The van der Waals surface area contributed by atoms with Crippen LogP contribution < -0.4 is 10.6 Å². The van der Waals surface area contributed by atoms with E-state index in [1.165, 1.54) is 12.0 Å². The molecule has 2 N–H and O–H groups in total. The molecule has 0 fully saturated rings. The highest BCUT2D eigenvalue weighted by molar-refractivity contribution is 14.0. The number of carbonyl (C=O) groups is 1. The lowest BCUT2D eigenvalue weighted by Crippen LogP contribution is -2.39. The van der Waals surface area contributed by atoms with Crippen LogP contribution in [-0.2, 0) is 17.7 Å². The van der Waals surface area contributed by atoms with Gasteiger partial charge in [-0.15, -0.1) is 35.3 Å². The number of hydrogen-bond donors (Lipinski definition) is 2. The lowest BCUT2D eigenvalue weighted by Gasteiger charge is -2.15. The molecule has 1 unspecified atom stereocenters. The number of furan rings is 1. The standard InChI is InChI=1S/C18H25N3O3S.HI/c1-12(8-15-6-5-7-25-15)10-20-18(19-3)21-11-14-9-16(13(2)24-14)17(22)23-4;/h5-7,9,12H,8,10-11H2,1-4H3,(H2,19,20,21);1H. The van der Waals surface area contributed by atoms with Crippen LogP contribution in [0.25, 0.3) is 0 Å². The fourth-order valence-corrected chi connectivity index (χ4v) is 3.32. The van der Waals surface area contributed by atoms with Gasteiger partial charge in [-0.2, -0.15) is 0 Å². The summed E-state index contributed by atoms with van der Waals surface area (Å²) in [6.07, 6.45) is 1.04. The summed E-state index contributed by atoms with van der Waals surface area (Å²) in [5.74, 6) is 2.02. The van der Waals surface area contributed by atoms with Crippen molar-refractivity contribution >= 4 is 47.2 Å². The summed E-state index contributed by atoms with van der Waals surface area (Å²) in [5, 5.41) is 8.61. The first-order valence-corrected chi connectivity index (χ1v) is 9.06. The van der Waals surface area contributed by atoms with Crippen LogP contribution >= 0.6 is 35.3 Å². The van der Waals surface area contributed by atoms with Crippen LogP contribution in [0.4, 0.5) is 0 Å². The highest BCUT2D eigenvalue weighted by Gasteiger charge is 2.15. The summed E-state index contributed by atoms with van der Waals surface area (Å²) >= 11 is 1.78. The summed E-state index contributed by atoms with van der Waals surface area (Å²) in [5.41, 5.74) is 0.451. The molecule has 2 rings (SSSR count). The SMILES string of the molecule is CN=C(NCc1cc(C(=O)OC)c(C)o1)NCC(C)Cc1cccs1.I. The summed E-state index contributed by atoms with van der Waals surface area (Å²) in [6.45, 7) is 5.21. The van der Waals surface area contributed by atoms with Crippen LogP contribution in [0.2, 0.25) is 0 Å². The molecule has 0 radical (unpaired) electrons. The Kier molecular flexibility index (Phi) is 9.71. The Hall–Kier alpha value is -1.55. The zero-order chi connectivity index (χ0) is 18.2. The molecule has 2 aromatic heterocycles. The Morgan fingerprint density at radius 1 is 1.42 bits per heavy atom.